The van der Waals surface area contributed by atoms with E-state index in [2.05, 4.69) is 10.1 Å². The Kier molecular flexibility index (Phi) is 8.15. The smallest absolute Gasteiger partial charge is 0.387 e. The van der Waals surface area contributed by atoms with Crippen molar-refractivity contribution in [1.82, 2.24) is 5.32 Å². The van der Waals surface area contributed by atoms with E-state index in [4.69, 9.17) is 9.47 Å². The maximum Gasteiger partial charge on any atom is 0.387 e. The summed E-state index contributed by atoms with van der Waals surface area (Å²) in [7, 11) is 1.35. The number of carbonyl (C=O) groups excluding carboxylic acids is 2. The number of alkyl halides is 2. The monoisotopic (exact) mass is 421 g/mol. The minimum absolute atomic E-state index is 0.0612. The van der Waals surface area contributed by atoms with Gasteiger partial charge in [-0.3, -0.25) is 4.79 Å². The highest BCUT2D eigenvalue weighted by atomic mass is 19.3. The molecule has 0 aromatic heterocycles. The number of carbonyl (C=O) groups is 2. The summed E-state index contributed by atoms with van der Waals surface area (Å²) in [4.78, 5) is 24.3. The van der Waals surface area contributed by atoms with Crippen molar-refractivity contribution < 1.29 is 32.6 Å². The molecule has 0 heterocycles. The predicted octanol–water partition coefficient (Wildman–Crippen LogP) is 3.74. The van der Waals surface area contributed by atoms with Crippen molar-refractivity contribution in [2.75, 3.05) is 20.3 Å². The van der Waals surface area contributed by atoms with Gasteiger partial charge >= 0.3 is 12.6 Å². The first-order valence-electron chi connectivity index (χ1n) is 9.34. The number of halogens is 2. The third kappa shape index (κ3) is 6.43. The van der Waals surface area contributed by atoms with Gasteiger partial charge in [0.25, 0.3) is 5.91 Å². The summed E-state index contributed by atoms with van der Waals surface area (Å²) in [6, 6.07) is 8.32. The lowest BCUT2D eigenvalue weighted by Gasteiger charge is -2.12. The molecule has 0 unspecified atom stereocenters. The summed E-state index contributed by atoms with van der Waals surface area (Å²) in [5.74, 6) is -0.860. The van der Waals surface area contributed by atoms with Gasteiger partial charge in [0.2, 0.25) is 0 Å². The number of rotatable bonds is 9. The van der Waals surface area contributed by atoms with E-state index in [1.807, 2.05) is 32.9 Å². The fourth-order valence-corrected chi connectivity index (χ4v) is 3.16. The van der Waals surface area contributed by atoms with Gasteiger partial charge in [0, 0.05) is 6.54 Å². The number of ether oxygens (including phenoxy) is 3. The van der Waals surface area contributed by atoms with E-state index in [0.29, 0.717) is 12.0 Å². The highest BCUT2D eigenvalue weighted by molar-refractivity contribution is 5.94. The standard InChI is InChI=1S/C22H25F2NO5/c1-13-9-14(2)20(15(3)10-13)21(27)29-12-19(26)25-8-7-16-5-6-17(30-22(23)24)18(11-16)28-4/h5-6,9-11,22H,7-8,12H2,1-4H3,(H,25,26). The lowest BCUT2D eigenvalue weighted by Crippen LogP contribution is -2.30. The Morgan fingerprint density at radius 3 is 2.30 bits per heavy atom. The Morgan fingerprint density at radius 1 is 1.03 bits per heavy atom. The summed E-state index contributed by atoms with van der Waals surface area (Å²) >= 11 is 0. The van der Waals surface area contributed by atoms with Crippen LogP contribution in [0.15, 0.2) is 30.3 Å². The number of nitrogens with one attached hydrogen (secondary N) is 1. The number of hydrogen-bond donors (Lipinski definition) is 1. The van der Waals surface area contributed by atoms with Gasteiger partial charge in [-0.2, -0.15) is 8.78 Å². The van der Waals surface area contributed by atoms with E-state index >= 15 is 0 Å². The van der Waals surface area contributed by atoms with Crippen LogP contribution in [0.4, 0.5) is 8.78 Å². The molecule has 8 heteroatoms. The van der Waals surface area contributed by atoms with Crippen LogP contribution in [0, 0.1) is 20.8 Å². The average Bonchev–Trinajstić information content (AvgIpc) is 2.66. The van der Waals surface area contributed by atoms with Crippen LogP contribution in [-0.2, 0) is 16.0 Å². The Hall–Kier alpha value is -3.16. The third-order valence-corrected chi connectivity index (χ3v) is 4.40. The SMILES string of the molecule is COc1cc(CCNC(=O)COC(=O)c2c(C)cc(C)cc2C)ccc1OC(F)F. The summed E-state index contributed by atoms with van der Waals surface area (Å²) in [6.07, 6.45) is 0.432. The Bertz CT molecular complexity index is 891. The van der Waals surface area contributed by atoms with Crippen molar-refractivity contribution in [1.29, 1.82) is 0 Å². The van der Waals surface area contributed by atoms with Crippen LogP contribution in [0.3, 0.4) is 0 Å². The Balaban J connectivity index is 1.83. The van der Waals surface area contributed by atoms with E-state index in [0.717, 1.165) is 22.3 Å². The van der Waals surface area contributed by atoms with Crippen molar-refractivity contribution in [2.24, 2.45) is 0 Å². The molecule has 2 aromatic rings. The quantitative estimate of drug-likeness (QED) is 0.625. The van der Waals surface area contributed by atoms with E-state index in [1.165, 1.54) is 13.2 Å². The minimum atomic E-state index is -2.95. The van der Waals surface area contributed by atoms with E-state index in [-0.39, 0.29) is 18.0 Å². The van der Waals surface area contributed by atoms with Gasteiger partial charge in [0.1, 0.15) is 0 Å². The Morgan fingerprint density at radius 2 is 1.70 bits per heavy atom. The van der Waals surface area contributed by atoms with Gasteiger partial charge in [-0.25, -0.2) is 4.79 Å². The van der Waals surface area contributed by atoms with Crippen LogP contribution in [0.5, 0.6) is 11.5 Å². The molecule has 30 heavy (non-hydrogen) atoms. The number of esters is 1. The van der Waals surface area contributed by atoms with Gasteiger partial charge in [-0.15, -0.1) is 0 Å². The van der Waals surface area contributed by atoms with Crippen molar-refractivity contribution in [3.05, 3.63) is 58.1 Å². The molecule has 0 fully saturated rings. The fraction of sp³-hybridized carbons (Fsp3) is 0.364. The molecule has 0 radical (unpaired) electrons. The van der Waals surface area contributed by atoms with Crippen LogP contribution in [0.25, 0.3) is 0 Å². The molecule has 1 amide bonds. The first-order chi connectivity index (χ1) is 14.2. The molecule has 0 saturated carbocycles. The molecule has 2 aromatic carbocycles. The van der Waals surface area contributed by atoms with Gasteiger partial charge in [-0.05, 0) is 56.0 Å². The molecule has 162 valence electrons. The van der Waals surface area contributed by atoms with E-state index in [1.54, 1.807) is 12.1 Å². The predicted molar refractivity (Wildman–Crippen MR) is 107 cm³/mol. The molecule has 2 rings (SSSR count). The molecule has 1 N–H and O–H groups in total. The second kappa shape index (κ2) is 10.6. The van der Waals surface area contributed by atoms with Crippen molar-refractivity contribution in [3.63, 3.8) is 0 Å². The molecule has 0 saturated heterocycles. The second-order valence-corrected chi connectivity index (χ2v) is 6.81. The zero-order valence-electron chi connectivity index (χ0n) is 17.4. The van der Waals surface area contributed by atoms with E-state index < -0.39 is 25.1 Å². The second-order valence-electron chi connectivity index (χ2n) is 6.81. The molecule has 6 nitrogen and oxygen atoms in total. The van der Waals surface area contributed by atoms with Crippen molar-refractivity contribution >= 4 is 11.9 Å². The number of aryl methyl sites for hydroxylation is 3. The zero-order valence-corrected chi connectivity index (χ0v) is 17.4. The van der Waals surface area contributed by atoms with Crippen LogP contribution in [0.1, 0.15) is 32.6 Å². The van der Waals surface area contributed by atoms with Crippen molar-refractivity contribution in [2.45, 2.75) is 33.8 Å². The van der Waals surface area contributed by atoms with Crippen molar-refractivity contribution in [3.8, 4) is 11.5 Å². The van der Waals surface area contributed by atoms with Gasteiger partial charge < -0.3 is 19.5 Å². The fourth-order valence-electron chi connectivity index (χ4n) is 3.16. The number of methoxy groups -OCH3 is 1. The number of amides is 1. The molecule has 0 spiro atoms. The number of benzene rings is 2. The summed E-state index contributed by atoms with van der Waals surface area (Å²) in [6.45, 7) is 2.52. The Labute approximate surface area is 174 Å². The molecular weight excluding hydrogens is 396 g/mol. The lowest BCUT2D eigenvalue weighted by atomic mass is 10.00. The van der Waals surface area contributed by atoms with Gasteiger partial charge in [0.15, 0.2) is 18.1 Å². The summed E-state index contributed by atoms with van der Waals surface area (Å²) in [5.41, 5.74) is 3.87. The molecule has 0 bridgehead atoms. The topological polar surface area (TPSA) is 73.9 Å². The van der Waals surface area contributed by atoms with Crippen LogP contribution in [-0.4, -0.2) is 38.7 Å². The maximum absolute atomic E-state index is 12.4. The van der Waals surface area contributed by atoms with E-state index in [9.17, 15) is 18.4 Å². The molecule has 0 atom stereocenters. The molecule has 0 aliphatic heterocycles. The van der Waals surface area contributed by atoms with Crippen LogP contribution in [0.2, 0.25) is 0 Å². The molecular formula is C22H25F2NO5. The van der Waals surface area contributed by atoms with Crippen LogP contribution >= 0.6 is 0 Å². The van der Waals surface area contributed by atoms with Crippen LogP contribution < -0.4 is 14.8 Å². The highest BCUT2D eigenvalue weighted by Gasteiger charge is 2.16. The largest absolute Gasteiger partial charge is 0.493 e. The third-order valence-electron chi connectivity index (χ3n) is 4.40. The first kappa shape index (κ1) is 23.1. The average molecular weight is 421 g/mol. The lowest BCUT2D eigenvalue weighted by molar-refractivity contribution is -0.124. The van der Waals surface area contributed by atoms with Gasteiger partial charge in [0.05, 0.1) is 12.7 Å². The first-order valence-corrected chi connectivity index (χ1v) is 9.34. The normalized spacial score (nSPS) is 10.6. The summed E-state index contributed by atoms with van der Waals surface area (Å²) < 4.78 is 39.3. The number of hydrogen-bond acceptors (Lipinski definition) is 5. The summed E-state index contributed by atoms with van der Waals surface area (Å²) in [5, 5.41) is 2.65. The van der Waals surface area contributed by atoms with Gasteiger partial charge in [-0.1, -0.05) is 23.8 Å². The minimum Gasteiger partial charge on any atom is -0.493 e. The zero-order chi connectivity index (χ0) is 22.3. The maximum atomic E-state index is 12.4. The molecule has 0 aliphatic carbocycles. The molecule has 0 aliphatic rings. The highest BCUT2D eigenvalue weighted by Crippen LogP contribution is 2.29.